The van der Waals surface area contributed by atoms with Crippen molar-refractivity contribution in [3.05, 3.63) is 59.4 Å². The van der Waals surface area contributed by atoms with Crippen LogP contribution in [0.5, 0.6) is 0 Å². The Labute approximate surface area is 158 Å². The van der Waals surface area contributed by atoms with Crippen LogP contribution in [0.1, 0.15) is 24.1 Å². The number of anilines is 1. The molecule has 1 saturated heterocycles. The SMILES string of the molecule is CC(NC(=O)/C(C#N)=C/c1cnc(N2CCOCC2)nc1)c1ccccc1. The molecular formula is C20H21N5O2. The number of morpholine rings is 1. The molecule has 1 fully saturated rings. The third-order valence-electron chi connectivity index (χ3n) is 4.28. The van der Waals surface area contributed by atoms with Gasteiger partial charge >= 0.3 is 0 Å². The van der Waals surface area contributed by atoms with Crippen molar-refractivity contribution in [2.45, 2.75) is 13.0 Å². The quantitative estimate of drug-likeness (QED) is 0.646. The fourth-order valence-electron chi connectivity index (χ4n) is 2.75. The lowest BCUT2D eigenvalue weighted by Gasteiger charge is -2.26. The summed E-state index contributed by atoms with van der Waals surface area (Å²) in [5, 5.41) is 12.2. The van der Waals surface area contributed by atoms with Crippen LogP contribution < -0.4 is 10.2 Å². The smallest absolute Gasteiger partial charge is 0.262 e. The van der Waals surface area contributed by atoms with Gasteiger partial charge in [0.15, 0.2) is 0 Å². The number of nitrogens with zero attached hydrogens (tertiary/aromatic N) is 4. The van der Waals surface area contributed by atoms with E-state index in [1.807, 2.05) is 48.2 Å². The number of rotatable bonds is 5. The maximum Gasteiger partial charge on any atom is 0.262 e. The Morgan fingerprint density at radius 2 is 1.93 bits per heavy atom. The molecule has 2 heterocycles. The molecule has 0 saturated carbocycles. The molecule has 1 N–H and O–H groups in total. The first-order valence-corrected chi connectivity index (χ1v) is 8.79. The van der Waals surface area contributed by atoms with Gasteiger partial charge in [-0.3, -0.25) is 4.79 Å². The highest BCUT2D eigenvalue weighted by atomic mass is 16.5. The highest BCUT2D eigenvalue weighted by Crippen LogP contribution is 2.14. The number of nitrogens with one attached hydrogen (secondary N) is 1. The van der Waals surface area contributed by atoms with Crippen molar-refractivity contribution in [3.63, 3.8) is 0 Å². The molecule has 1 atom stereocenters. The van der Waals surface area contributed by atoms with Crippen molar-refractivity contribution in [2.24, 2.45) is 0 Å². The monoisotopic (exact) mass is 363 g/mol. The van der Waals surface area contributed by atoms with Crippen LogP contribution in [-0.4, -0.2) is 42.2 Å². The Morgan fingerprint density at radius 1 is 1.26 bits per heavy atom. The van der Waals surface area contributed by atoms with E-state index in [-0.39, 0.29) is 11.6 Å². The Balaban J connectivity index is 1.68. The van der Waals surface area contributed by atoms with Gasteiger partial charge in [-0.25, -0.2) is 9.97 Å². The van der Waals surface area contributed by atoms with E-state index >= 15 is 0 Å². The number of ether oxygens (including phenoxy) is 1. The van der Waals surface area contributed by atoms with Crippen LogP contribution >= 0.6 is 0 Å². The van der Waals surface area contributed by atoms with Gasteiger partial charge in [0.05, 0.1) is 19.3 Å². The van der Waals surface area contributed by atoms with Crippen molar-refractivity contribution in [1.29, 1.82) is 5.26 Å². The zero-order chi connectivity index (χ0) is 19.1. The fraction of sp³-hybridized carbons (Fsp3) is 0.300. The Kier molecular flexibility index (Phi) is 6.13. The highest BCUT2D eigenvalue weighted by molar-refractivity contribution is 6.01. The fourth-order valence-corrected chi connectivity index (χ4v) is 2.75. The summed E-state index contributed by atoms with van der Waals surface area (Å²) in [4.78, 5) is 23.1. The molecule has 0 spiro atoms. The van der Waals surface area contributed by atoms with Crippen LogP contribution in [0.4, 0.5) is 5.95 Å². The van der Waals surface area contributed by atoms with E-state index in [1.54, 1.807) is 12.4 Å². The van der Waals surface area contributed by atoms with Gasteiger partial charge in [-0.15, -0.1) is 0 Å². The summed E-state index contributed by atoms with van der Waals surface area (Å²) in [5.41, 5.74) is 1.59. The molecule has 1 aromatic carbocycles. The third kappa shape index (κ3) is 4.90. The lowest BCUT2D eigenvalue weighted by Crippen LogP contribution is -2.37. The highest BCUT2D eigenvalue weighted by Gasteiger charge is 2.15. The van der Waals surface area contributed by atoms with E-state index in [4.69, 9.17) is 4.74 Å². The number of nitriles is 1. The third-order valence-corrected chi connectivity index (χ3v) is 4.28. The molecular weight excluding hydrogens is 342 g/mol. The average Bonchev–Trinajstić information content (AvgIpc) is 2.73. The number of hydrogen-bond acceptors (Lipinski definition) is 6. The van der Waals surface area contributed by atoms with Gasteiger partial charge in [0.1, 0.15) is 11.6 Å². The van der Waals surface area contributed by atoms with Gasteiger partial charge in [-0.2, -0.15) is 5.26 Å². The summed E-state index contributed by atoms with van der Waals surface area (Å²) < 4.78 is 5.31. The lowest BCUT2D eigenvalue weighted by molar-refractivity contribution is -0.117. The summed E-state index contributed by atoms with van der Waals surface area (Å²) in [6, 6.07) is 11.3. The Hall–Kier alpha value is -3.24. The number of carbonyl (C=O) groups is 1. The minimum Gasteiger partial charge on any atom is -0.378 e. The summed E-state index contributed by atoms with van der Waals surface area (Å²) >= 11 is 0. The molecule has 3 rings (SSSR count). The lowest BCUT2D eigenvalue weighted by atomic mass is 10.1. The molecule has 0 bridgehead atoms. The molecule has 0 radical (unpaired) electrons. The van der Waals surface area contributed by atoms with E-state index in [9.17, 15) is 10.1 Å². The summed E-state index contributed by atoms with van der Waals surface area (Å²) in [6.07, 6.45) is 4.72. The van der Waals surface area contributed by atoms with Crippen molar-refractivity contribution < 1.29 is 9.53 Å². The van der Waals surface area contributed by atoms with Gasteiger partial charge in [0.2, 0.25) is 5.95 Å². The molecule has 1 aliphatic rings. The van der Waals surface area contributed by atoms with E-state index in [1.165, 1.54) is 6.08 Å². The van der Waals surface area contributed by atoms with Gasteiger partial charge in [0, 0.05) is 31.0 Å². The van der Waals surface area contributed by atoms with Crippen molar-refractivity contribution in [2.75, 3.05) is 31.2 Å². The van der Waals surface area contributed by atoms with Crippen LogP contribution in [-0.2, 0) is 9.53 Å². The first-order chi connectivity index (χ1) is 13.2. The number of aromatic nitrogens is 2. The maximum absolute atomic E-state index is 12.4. The number of benzene rings is 1. The van der Waals surface area contributed by atoms with Gasteiger partial charge in [-0.05, 0) is 18.6 Å². The first-order valence-electron chi connectivity index (χ1n) is 8.79. The average molecular weight is 363 g/mol. The minimum atomic E-state index is -0.425. The van der Waals surface area contributed by atoms with Gasteiger partial charge in [-0.1, -0.05) is 30.3 Å². The Morgan fingerprint density at radius 3 is 2.56 bits per heavy atom. The van der Waals surface area contributed by atoms with Crippen LogP contribution in [0.25, 0.3) is 6.08 Å². The second kappa shape index (κ2) is 8.92. The molecule has 1 aliphatic heterocycles. The molecule has 7 heteroatoms. The molecule has 2 aromatic rings. The predicted molar refractivity (Wildman–Crippen MR) is 102 cm³/mol. The van der Waals surface area contributed by atoms with Crippen LogP contribution in [0.15, 0.2) is 48.3 Å². The summed E-state index contributed by atoms with van der Waals surface area (Å²) in [6.45, 7) is 4.69. The van der Waals surface area contributed by atoms with Crippen molar-refractivity contribution in [3.8, 4) is 6.07 Å². The first kappa shape index (κ1) is 18.5. The standard InChI is InChI=1S/C20H21N5O2/c1-15(17-5-3-2-4-6-17)24-19(26)18(12-21)11-16-13-22-20(23-14-16)25-7-9-27-10-8-25/h2-6,11,13-15H,7-10H2,1H3,(H,24,26)/b18-11+. The molecule has 7 nitrogen and oxygen atoms in total. The second-order valence-corrected chi connectivity index (χ2v) is 6.19. The van der Waals surface area contributed by atoms with Crippen LogP contribution in [0.2, 0.25) is 0 Å². The topological polar surface area (TPSA) is 91.1 Å². The number of carbonyl (C=O) groups excluding carboxylic acids is 1. The van der Waals surface area contributed by atoms with Gasteiger partial charge < -0.3 is 15.0 Å². The molecule has 1 amide bonds. The second-order valence-electron chi connectivity index (χ2n) is 6.19. The number of amides is 1. The molecule has 0 aliphatic carbocycles. The van der Waals surface area contributed by atoms with Crippen molar-refractivity contribution in [1.82, 2.24) is 15.3 Å². The predicted octanol–water partition coefficient (Wildman–Crippen LogP) is 2.10. The van der Waals surface area contributed by atoms with Crippen LogP contribution in [0, 0.1) is 11.3 Å². The summed E-state index contributed by atoms with van der Waals surface area (Å²) in [5.74, 6) is 0.196. The van der Waals surface area contributed by atoms with Crippen molar-refractivity contribution >= 4 is 17.9 Å². The normalized spacial score (nSPS) is 15.7. The molecule has 1 aromatic heterocycles. The zero-order valence-electron chi connectivity index (χ0n) is 15.1. The molecule has 138 valence electrons. The zero-order valence-corrected chi connectivity index (χ0v) is 15.1. The molecule has 27 heavy (non-hydrogen) atoms. The minimum absolute atomic E-state index is 0.0144. The van der Waals surface area contributed by atoms with E-state index in [2.05, 4.69) is 15.3 Å². The van der Waals surface area contributed by atoms with Gasteiger partial charge in [0.25, 0.3) is 5.91 Å². The van der Waals surface area contributed by atoms with E-state index in [0.717, 1.165) is 18.7 Å². The molecule has 1 unspecified atom stereocenters. The Bertz CT molecular complexity index is 837. The van der Waals surface area contributed by atoms with E-state index in [0.29, 0.717) is 24.7 Å². The van der Waals surface area contributed by atoms with Crippen LogP contribution in [0.3, 0.4) is 0 Å². The maximum atomic E-state index is 12.4. The summed E-state index contributed by atoms with van der Waals surface area (Å²) in [7, 11) is 0. The largest absolute Gasteiger partial charge is 0.378 e. The van der Waals surface area contributed by atoms with E-state index < -0.39 is 5.91 Å². The number of hydrogen-bond donors (Lipinski definition) is 1.